The van der Waals surface area contributed by atoms with Gasteiger partial charge in [0.1, 0.15) is 29.4 Å². The summed E-state index contributed by atoms with van der Waals surface area (Å²) < 4.78 is 19.2. The zero-order chi connectivity index (χ0) is 27.8. The number of benzene rings is 2. The molecule has 2 N–H and O–H groups in total. The van der Waals surface area contributed by atoms with Crippen LogP contribution in [-0.4, -0.2) is 39.6 Å². The normalized spacial score (nSPS) is 14.3. The van der Waals surface area contributed by atoms with Crippen molar-refractivity contribution in [3.05, 3.63) is 83.1 Å². The third-order valence-electron chi connectivity index (χ3n) is 8.29. The Bertz CT molecular complexity index is 1640. The van der Waals surface area contributed by atoms with Crippen LogP contribution in [0, 0.1) is 19.7 Å². The minimum atomic E-state index is -0.242. The third-order valence-corrected chi connectivity index (χ3v) is 8.29. The highest BCUT2D eigenvalue weighted by Gasteiger charge is 2.27. The number of anilines is 1. The number of ether oxygens (including phenoxy) is 1. The maximum Gasteiger partial charge on any atom is 0.143 e. The van der Waals surface area contributed by atoms with Crippen LogP contribution in [0.5, 0.6) is 5.75 Å². The number of aromatic nitrogens is 4. The van der Waals surface area contributed by atoms with Gasteiger partial charge in [-0.15, -0.1) is 0 Å². The van der Waals surface area contributed by atoms with Crippen LogP contribution in [0.3, 0.4) is 0 Å². The van der Waals surface area contributed by atoms with Crippen LogP contribution >= 0.6 is 0 Å². The minimum Gasteiger partial charge on any atom is -0.494 e. The van der Waals surface area contributed by atoms with Gasteiger partial charge in [0, 0.05) is 36.1 Å². The first-order chi connectivity index (χ1) is 19.5. The Kier molecular flexibility index (Phi) is 7.05. The third kappa shape index (κ3) is 4.74. The number of aromatic amines is 2. The summed E-state index contributed by atoms with van der Waals surface area (Å²) in [6.45, 7) is 11.1. The lowest BCUT2D eigenvalue weighted by Gasteiger charge is -2.33. The number of nitrogens with zero attached hydrogens (tertiary/aromatic N) is 3. The Hall–Kier alpha value is -4.13. The van der Waals surface area contributed by atoms with E-state index in [2.05, 4.69) is 69.9 Å². The number of H-pyrrole nitrogens is 2. The van der Waals surface area contributed by atoms with Crippen LogP contribution in [0.4, 0.5) is 10.2 Å². The summed E-state index contributed by atoms with van der Waals surface area (Å²) in [4.78, 5) is 18.8. The van der Waals surface area contributed by atoms with Gasteiger partial charge < -0.3 is 19.6 Å². The number of hydrogen-bond donors (Lipinski definition) is 2. The second-order valence-corrected chi connectivity index (χ2v) is 10.7. The summed E-state index contributed by atoms with van der Waals surface area (Å²) in [5.74, 6) is 2.14. The number of aryl methyl sites for hydroxylation is 1. The van der Waals surface area contributed by atoms with Crippen LogP contribution in [-0.2, 0) is 6.42 Å². The van der Waals surface area contributed by atoms with Gasteiger partial charge in [0.15, 0.2) is 0 Å². The predicted molar refractivity (Wildman–Crippen MR) is 160 cm³/mol. The van der Waals surface area contributed by atoms with Crippen molar-refractivity contribution in [2.75, 3.05) is 24.6 Å². The highest BCUT2D eigenvalue weighted by atomic mass is 19.1. The van der Waals surface area contributed by atoms with Gasteiger partial charge in [0.05, 0.1) is 12.0 Å². The lowest BCUT2D eigenvalue weighted by molar-refractivity contribution is 0.338. The van der Waals surface area contributed by atoms with E-state index < -0.39 is 0 Å². The molecular formula is C33H36FN5O. The van der Waals surface area contributed by atoms with Crippen molar-refractivity contribution in [1.82, 2.24) is 19.9 Å². The van der Waals surface area contributed by atoms with Gasteiger partial charge in [0.25, 0.3) is 0 Å². The highest BCUT2D eigenvalue weighted by molar-refractivity contribution is 5.92. The molecule has 0 amide bonds. The predicted octanol–water partition coefficient (Wildman–Crippen LogP) is 7.72. The molecule has 0 radical (unpaired) electrons. The second kappa shape index (κ2) is 10.8. The van der Waals surface area contributed by atoms with Crippen molar-refractivity contribution in [2.45, 2.75) is 52.9 Å². The molecule has 1 aliphatic heterocycles. The lowest BCUT2D eigenvalue weighted by atomic mass is 9.89. The van der Waals surface area contributed by atoms with Gasteiger partial charge in [-0.3, -0.25) is 0 Å². The van der Waals surface area contributed by atoms with E-state index in [4.69, 9.17) is 4.74 Å². The first-order valence-electron chi connectivity index (χ1n) is 14.3. The van der Waals surface area contributed by atoms with E-state index in [1.807, 2.05) is 6.92 Å². The number of halogens is 1. The maximum atomic E-state index is 13.4. The van der Waals surface area contributed by atoms with Crippen LogP contribution in [0.2, 0.25) is 0 Å². The summed E-state index contributed by atoms with van der Waals surface area (Å²) >= 11 is 0. The first kappa shape index (κ1) is 26.1. The molecule has 206 valence electrons. The fourth-order valence-corrected chi connectivity index (χ4v) is 6.22. The molecule has 6 rings (SSSR count). The number of hydrogen-bond acceptors (Lipinski definition) is 4. The van der Waals surface area contributed by atoms with Crippen molar-refractivity contribution >= 4 is 16.9 Å². The van der Waals surface area contributed by atoms with Crippen molar-refractivity contribution in [3.63, 3.8) is 0 Å². The molecule has 3 aromatic heterocycles. The Labute approximate surface area is 234 Å². The zero-order valence-electron chi connectivity index (χ0n) is 23.6. The molecule has 5 aromatic rings. The van der Waals surface area contributed by atoms with Gasteiger partial charge in [-0.1, -0.05) is 6.92 Å². The van der Waals surface area contributed by atoms with E-state index in [-0.39, 0.29) is 5.82 Å². The molecule has 1 saturated heterocycles. The van der Waals surface area contributed by atoms with Crippen LogP contribution in [0.25, 0.3) is 33.5 Å². The fourth-order valence-electron chi connectivity index (χ4n) is 6.22. The molecule has 1 aliphatic rings. The van der Waals surface area contributed by atoms with Crippen LogP contribution < -0.4 is 9.64 Å². The summed E-state index contributed by atoms with van der Waals surface area (Å²) in [5.41, 5.74) is 10.4. The SMILES string of the molecule is CCOc1ccc(-c2[nH]c(C3CCN(c4ncnc5[nH]c(-c6ccc(F)cc6)cc45)CC3)c(CC)c2C)cc1C. The van der Waals surface area contributed by atoms with E-state index in [0.717, 1.165) is 71.8 Å². The van der Waals surface area contributed by atoms with Crippen molar-refractivity contribution in [2.24, 2.45) is 0 Å². The maximum absolute atomic E-state index is 13.4. The largest absolute Gasteiger partial charge is 0.494 e. The van der Waals surface area contributed by atoms with Crippen LogP contribution in [0.15, 0.2) is 54.9 Å². The summed E-state index contributed by atoms with van der Waals surface area (Å²) in [5, 5.41) is 0.999. The quantitative estimate of drug-likeness (QED) is 0.223. The smallest absolute Gasteiger partial charge is 0.143 e. The Morgan fingerprint density at radius 3 is 2.40 bits per heavy atom. The summed E-state index contributed by atoms with van der Waals surface area (Å²) in [6, 6.07) is 15.1. The average Bonchev–Trinajstić information content (AvgIpc) is 3.56. The molecule has 2 aromatic carbocycles. The number of rotatable bonds is 7. The van der Waals surface area contributed by atoms with Gasteiger partial charge in [-0.05, 0) is 116 Å². The lowest BCUT2D eigenvalue weighted by Crippen LogP contribution is -2.34. The topological polar surface area (TPSA) is 69.8 Å². The molecule has 0 unspecified atom stereocenters. The molecule has 1 fully saturated rings. The fraction of sp³-hybridized carbons (Fsp3) is 0.333. The number of fused-ring (bicyclic) bond motifs is 1. The number of piperidine rings is 1. The Balaban J connectivity index is 1.23. The first-order valence-corrected chi connectivity index (χ1v) is 14.3. The van der Waals surface area contributed by atoms with Crippen molar-refractivity contribution < 1.29 is 9.13 Å². The summed E-state index contributed by atoms with van der Waals surface area (Å²) in [6.07, 6.45) is 4.74. The monoisotopic (exact) mass is 537 g/mol. The Morgan fingerprint density at radius 2 is 1.70 bits per heavy atom. The molecule has 7 heteroatoms. The van der Waals surface area contributed by atoms with Gasteiger partial charge in [0.2, 0.25) is 0 Å². The average molecular weight is 538 g/mol. The molecule has 0 spiro atoms. The summed E-state index contributed by atoms with van der Waals surface area (Å²) in [7, 11) is 0. The highest BCUT2D eigenvalue weighted by Crippen LogP contribution is 2.39. The standard InChI is InChI=1S/C33H36FN5O/c1-5-26-21(4)30(24-9-12-29(40-6-2)20(3)17-24)38-31(26)23-13-15-39(16-14-23)33-27-18-28(37-32(27)35-19-36-33)22-7-10-25(34)11-8-22/h7-12,17-19,23,38H,5-6,13-16H2,1-4H3,(H,35,36,37). The van der Waals surface area contributed by atoms with E-state index in [1.54, 1.807) is 18.5 Å². The molecule has 40 heavy (non-hydrogen) atoms. The molecule has 0 saturated carbocycles. The van der Waals surface area contributed by atoms with Crippen LogP contribution in [0.1, 0.15) is 55.0 Å². The molecule has 6 nitrogen and oxygen atoms in total. The number of nitrogens with one attached hydrogen (secondary N) is 2. The molecule has 0 bridgehead atoms. The van der Waals surface area contributed by atoms with E-state index >= 15 is 0 Å². The van der Waals surface area contributed by atoms with Crippen molar-refractivity contribution in [1.29, 1.82) is 0 Å². The van der Waals surface area contributed by atoms with Crippen molar-refractivity contribution in [3.8, 4) is 28.3 Å². The molecule has 0 aliphatic carbocycles. The molecular weight excluding hydrogens is 501 g/mol. The van der Waals surface area contributed by atoms with Gasteiger partial charge in [-0.2, -0.15) is 0 Å². The minimum absolute atomic E-state index is 0.242. The van der Waals surface area contributed by atoms with E-state index in [1.165, 1.54) is 40.2 Å². The zero-order valence-corrected chi connectivity index (χ0v) is 23.6. The van der Waals surface area contributed by atoms with E-state index in [0.29, 0.717) is 12.5 Å². The Morgan fingerprint density at radius 1 is 0.950 bits per heavy atom. The second-order valence-electron chi connectivity index (χ2n) is 10.7. The van der Waals surface area contributed by atoms with E-state index in [9.17, 15) is 4.39 Å². The molecule has 0 atom stereocenters. The molecule has 4 heterocycles. The van der Waals surface area contributed by atoms with Gasteiger partial charge in [-0.25, -0.2) is 14.4 Å². The van der Waals surface area contributed by atoms with Gasteiger partial charge >= 0.3 is 0 Å².